The highest BCUT2D eigenvalue weighted by atomic mass is 16.7. The molecule has 3 heterocycles. The Balaban J connectivity index is 1.49. The van der Waals surface area contributed by atoms with E-state index in [2.05, 4.69) is 37.7 Å². The molecule has 0 radical (unpaired) electrons. The number of H-pyrrole nitrogens is 1. The van der Waals surface area contributed by atoms with E-state index in [0.717, 1.165) is 41.8 Å². The Labute approximate surface area is 197 Å². The SMILES string of the molecule is CC(C)(C)OC(=O)N1CCCCC1c1ncc(-c2ccc(B3OC(C)(C)C(C)(C)O3)cc2)[nH]1. The van der Waals surface area contributed by atoms with Crippen LogP contribution in [0.1, 0.15) is 79.6 Å². The first-order valence-corrected chi connectivity index (χ1v) is 11.9. The van der Waals surface area contributed by atoms with Crippen LogP contribution in [0.4, 0.5) is 4.79 Å². The number of hydrogen-bond acceptors (Lipinski definition) is 5. The molecule has 0 saturated carbocycles. The minimum absolute atomic E-state index is 0.105. The molecule has 2 fully saturated rings. The Morgan fingerprint density at radius 3 is 2.36 bits per heavy atom. The van der Waals surface area contributed by atoms with Crippen molar-refractivity contribution in [1.82, 2.24) is 14.9 Å². The summed E-state index contributed by atoms with van der Waals surface area (Å²) in [6.07, 6.45) is 4.46. The second-order valence-electron chi connectivity index (χ2n) is 11.1. The van der Waals surface area contributed by atoms with Crippen LogP contribution in [0.3, 0.4) is 0 Å². The molecule has 2 aliphatic rings. The van der Waals surface area contributed by atoms with Gasteiger partial charge in [0, 0.05) is 6.54 Å². The topological polar surface area (TPSA) is 76.7 Å². The zero-order chi connectivity index (χ0) is 24.0. The summed E-state index contributed by atoms with van der Waals surface area (Å²) in [6, 6.07) is 8.05. The number of benzene rings is 1. The number of nitrogens with one attached hydrogen (secondary N) is 1. The predicted octanol–water partition coefficient (Wildman–Crippen LogP) is 4.84. The van der Waals surface area contributed by atoms with Gasteiger partial charge in [0.2, 0.25) is 0 Å². The van der Waals surface area contributed by atoms with Gasteiger partial charge in [-0.15, -0.1) is 0 Å². The molecule has 0 spiro atoms. The van der Waals surface area contributed by atoms with E-state index in [4.69, 9.17) is 14.0 Å². The number of nitrogens with zero attached hydrogens (tertiary/aromatic N) is 2. The number of aromatic amines is 1. The fourth-order valence-corrected chi connectivity index (χ4v) is 4.21. The normalized spacial score (nSPS) is 22.5. The van der Waals surface area contributed by atoms with Crippen molar-refractivity contribution in [2.24, 2.45) is 0 Å². The minimum Gasteiger partial charge on any atom is -0.444 e. The number of amides is 1. The van der Waals surface area contributed by atoms with Crippen molar-refractivity contribution < 1.29 is 18.8 Å². The Bertz CT molecular complexity index is 978. The molecule has 1 amide bonds. The summed E-state index contributed by atoms with van der Waals surface area (Å²) in [6.45, 7) is 14.6. The molecule has 2 saturated heterocycles. The molecule has 1 atom stereocenters. The number of likely N-dealkylation sites (tertiary alicyclic amines) is 1. The maximum atomic E-state index is 12.8. The molecular formula is C25H36BN3O4. The molecular weight excluding hydrogens is 417 g/mol. The number of carbonyl (C=O) groups is 1. The first-order chi connectivity index (χ1) is 15.4. The van der Waals surface area contributed by atoms with Crippen LogP contribution in [0.25, 0.3) is 11.3 Å². The van der Waals surface area contributed by atoms with Crippen LogP contribution < -0.4 is 5.46 Å². The van der Waals surface area contributed by atoms with Crippen molar-refractivity contribution in [3.63, 3.8) is 0 Å². The predicted molar refractivity (Wildman–Crippen MR) is 129 cm³/mol. The Morgan fingerprint density at radius 1 is 1.12 bits per heavy atom. The number of aromatic nitrogens is 2. The van der Waals surface area contributed by atoms with Crippen molar-refractivity contribution >= 4 is 18.7 Å². The van der Waals surface area contributed by atoms with Gasteiger partial charge in [-0.3, -0.25) is 4.90 Å². The van der Waals surface area contributed by atoms with E-state index in [0.29, 0.717) is 6.54 Å². The molecule has 8 heteroatoms. The highest BCUT2D eigenvalue weighted by molar-refractivity contribution is 6.62. The second-order valence-corrected chi connectivity index (χ2v) is 11.1. The molecule has 2 aliphatic heterocycles. The lowest BCUT2D eigenvalue weighted by atomic mass is 9.79. The Kier molecular flexibility index (Phi) is 6.12. The highest BCUT2D eigenvalue weighted by Gasteiger charge is 2.51. The van der Waals surface area contributed by atoms with Crippen LogP contribution in [0.15, 0.2) is 30.5 Å². The number of carbonyl (C=O) groups excluding carboxylic acids is 1. The summed E-state index contributed by atoms with van der Waals surface area (Å²) in [5.74, 6) is 0.797. The lowest BCUT2D eigenvalue weighted by Gasteiger charge is -2.35. The van der Waals surface area contributed by atoms with Crippen LogP contribution >= 0.6 is 0 Å². The van der Waals surface area contributed by atoms with Gasteiger partial charge in [0.05, 0.1) is 29.1 Å². The average Bonchev–Trinajstić information content (AvgIpc) is 3.29. The van der Waals surface area contributed by atoms with E-state index in [1.54, 1.807) is 4.90 Å². The van der Waals surface area contributed by atoms with Gasteiger partial charge in [0.1, 0.15) is 11.4 Å². The number of imidazole rings is 1. The van der Waals surface area contributed by atoms with Crippen molar-refractivity contribution in [3.8, 4) is 11.3 Å². The highest BCUT2D eigenvalue weighted by Crippen LogP contribution is 2.37. The molecule has 4 rings (SSSR count). The molecule has 0 bridgehead atoms. The third kappa shape index (κ3) is 4.97. The summed E-state index contributed by atoms with van der Waals surface area (Å²) >= 11 is 0. The number of hydrogen-bond donors (Lipinski definition) is 1. The summed E-state index contributed by atoms with van der Waals surface area (Å²) in [4.78, 5) is 22.6. The van der Waals surface area contributed by atoms with Crippen LogP contribution in [-0.2, 0) is 14.0 Å². The first kappa shape index (κ1) is 23.8. The van der Waals surface area contributed by atoms with Crippen molar-refractivity contribution in [2.45, 2.75) is 90.6 Å². The minimum atomic E-state index is -0.522. The molecule has 2 aromatic rings. The van der Waals surface area contributed by atoms with Gasteiger partial charge < -0.3 is 19.0 Å². The molecule has 178 valence electrons. The molecule has 7 nitrogen and oxygen atoms in total. The average molecular weight is 453 g/mol. The number of rotatable bonds is 3. The Morgan fingerprint density at radius 2 is 1.76 bits per heavy atom. The van der Waals surface area contributed by atoms with E-state index < -0.39 is 5.60 Å². The fraction of sp³-hybridized carbons (Fsp3) is 0.600. The van der Waals surface area contributed by atoms with Crippen LogP contribution in [0, 0.1) is 0 Å². The fourth-order valence-electron chi connectivity index (χ4n) is 4.21. The molecule has 1 aromatic heterocycles. The van der Waals surface area contributed by atoms with Gasteiger partial charge >= 0.3 is 13.2 Å². The summed E-state index contributed by atoms with van der Waals surface area (Å²) in [5, 5.41) is 0. The maximum absolute atomic E-state index is 12.8. The third-order valence-corrected chi connectivity index (χ3v) is 6.79. The van der Waals surface area contributed by atoms with E-state index in [1.165, 1.54) is 0 Å². The number of piperidine rings is 1. The van der Waals surface area contributed by atoms with Crippen LogP contribution in [0.2, 0.25) is 0 Å². The van der Waals surface area contributed by atoms with Gasteiger partial charge in [-0.2, -0.15) is 0 Å². The summed E-state index contributed by atoms with van der Waals surface area (Å²) < 4.78 is 17.9. The first-order valence-electron chi connectivity index (χ1n) is 11.9. The summed E-state index contributed by atoms with van der Waals surface area (Å²) in [5.41, 5.74) is 1.67. The van der Waals surface area contributed by atoms with Gasteiger partial charge in [-0.05, 0) is 78.8 Å². The molecule has 33 heavy (non-hydrogen) atoms. The standard InChI is InChI=1S/C25H36BN3O4/c1-23(2,3)31-22(30)29-15-9-8-10-20(29)21-27-16-19(28-21)17-11-13-18(14-12-17)26-32-24(4,5)25(6,7)33-26/h11-14,16,20H,8-10,15H2,1-7H3,(H,27,28). The van der Waals surface area contributed by atoms with E-state index >= 15 is 0 Å². The number of ether oxygens (including phenoxy) is 1. The van der Waals surface area contributed by atoms with Gasteiger partial charge in [0.25, 0.3) is 0 Å². The molecule has 1 N–H and O–H groups in total. The zero-order valence-electron chi connectivity index (χ0n) is 20.9. The van der Waals surface area contributed by atoms with Crippen molar-refractivity contribution in [1.29, 1.82) is 0 Å². The van der Waals surface area contributed by atoms with Crippen LogP contribution in [-0.4, -0.2) is 51.4 Å². The van der Waals surface area contributed by atoms with Gasteiger partial charge in [-0.1, -0.05) is 24.3 Å². The van der Waals surface area contributed by atoms with E-state index in [9.17, 15) is 4.79 Å². The maximum Gasteiger partial charge on any atom is 0.494 e. The molecule has 0 aliphatic carbocycles. The second kappa shape index (κ2) is 8.47. The smallest absolute Gasteiger partial charge is 0.444 e. The van der Waals surface area contributed by atoms with E-state index in [1.807, 2.05) is 51.2 Å². The van der Waals surface area contributed by atoms with Crippen molar-refractivity contribution in [2.75, 3.05) is 6.54 Å². The quantitative estimate of drug-likeness (QED) is 0.674. The molecule has 1 aromatic carbocycles. The third-order valence-electron chi connectivity index (χ3n) is 6.79. The summed E-state index contributed by atoms with van der Waals surface area (Å²) in [7, 11) is -0.383. The van der Waals surface area contributed by atoms with Gasteiger partial charge in [0.15, 0.2) is 0 Å². The molecule has 1 unspecified atom stereocenters. The largest absolute Gasteiger partial charge is 0.494 e. The monoisotopic (exact) mass is 453 g/mol. The van der Waals surface area contributed by atoms with Gasteiger partial charge in [-0.25, -0.2) is 9.78 Å². The Hall–Kier alpha value is -2.32. The zero-order valence-corrected chi connectivity index (χ0v) is 20.9. The van der Waals surface area contributed by atoms with Crippen molar-refractivity contribution in [3.05, 3.63) is 36.3 Å². The van der Waals surface area contributed by atoms with Crippen LogP contribution in [0.5, 0.6) is 0 Å². The lowest BCUT2D eigenvalue weighted by molar-refractivity contribution is 0.00578. The lowest BCUT2D eigenvalue weighted by Crippen LogP contribution is -2.42. The van der Waals surface area contributed by atoms with E-state index in [-0.39, 0.29) is 30.5 Å².